The largest absolute Gasteiger partial charge is 0.351 e. The number of rotatable bonds is 2. The second-order valence-electron chi connectivity index (χ2n) is 7.01. The summed E-state index contributed by atoms with van der Waals surface area (Å²) in [7, 11) is 2.00. The quantitative estimate of drug-likeness (QED) is 0.475. The van der Waals surface area contributed by atoms with Gasteiger partial charge in [0.25, 0.3) is 5.56 Å². The van der Waals surface area contributed by atoms with E-state index >= 15 is 0 Å². The van der Waals surface area contributed by atoms with Gasteiger partial charge in [-0.3, -0.25) is 9.78 Å². The molecule has 3 heterocycles. The first-order valence-corrected chi connectivity index (χ1v) is 9.85. The molecule has 0 atom stereocenters. The van der Waals surface area contributed by atoms with Crippen molar-refractivity contribution in [3.05, 3.63) is 86.9 Å². The Morgan fingerprint density at radius 2 is 1.79 bits per heavy atom. The standard InChI is InChI=1S/C22H16FN3O2S/c1-12-18-20(24-22(28)26(21(18)27)16-6-4-15(23)5-7-16)29-19(12)14-3-8-17-13(11-14)9-10-25(17)2/h3-11H,1-2H3,(H,24,28). The van der Waals surface area contributed by atoms with Crippen LogP contribution in [0.1, 0.15) is 5.56 Å². The maximum absolute atomic E-state index is 13.3. The van der Waals surface area contributed by atoms with Crippen molar-refractivity contribution in [1.29, 1.82) is 0 Å². The number of aryl methyl sites for hydroxylation is 2. The molecule has 0 saturated heterocycles. The number of hydrogen-bond donors (Lipinski definition) is 1. The van der Waals surface area contributed by atoms with E-state index in [4.69, 9.17) is 0 Å². The summed E-state index contributed by atoms with van der Waals surface area (Å²) in [6.07, 6.45) is 2.01. The van der Waals surface area contributed by atoms with E-state index < -0.39 is 17.1 Å². The van der Waals surface area contributed by atoms with Crippen molar-refractivity contribution in [3.8, 4) is 16.1 Å². The predicted octanol–water partition coefficient (Wildman–Crippen LogP) is 4.35. The van der Waals surface area contributed by atoms with Gasteiger partial charge >= 0.3 is 5.69 Å². The van der Waals surface area contributed by atoms with Crippen LogP contribution in [0.3, 0.4) is 0 Å². The van der Waals surface area contributed by atoms with Gasteiger partial charge < -0.3 is 4.57 Å². The summed E-state index contributed by atoms with van der Waals surface area (Å²) in [5.41, 5.74) is 2.32. The van der Waals surface area contributed by atoms with Crippen LogP contribution in [-0.2, 0) is 7.05 Å². The van der Waals surface area contributed by atoms with Gasteiger partial charge in [-0.25, -0.2) is 13.8 Å². The second-order valence-corrected chi connectivity index (χ2v) is 8.03. The number of nitrogens with zero attached hydrogens (tertiary/aromatic N) is 2. The van der Waals surface area contributed by atoms with E-state index in [0.29, 0.717) is 15.9 Å². The number of thiophene rings is 1. The smallest absolute Gasteiger partial charge is 0.334 e. The molecule has 0 aliphatic carbocycles. The van der Waals surface area contributed by atoms with Crippen molar-refractivity contribution in [1.82, 2.24) is 14.1 Å². The number of aromatic nitrogens is 3. The van der Waals surface area contributed by atoms with Gasteiger partial charge in [0.05, 0.1) is 11.1 Å². The van der Waals surface area contributed by atoms with Crippen LogP contribution < -0.4 is 11.2 Å². The highest BCUT2D eigenvalue weighted by Crippen LogP contribution is 2.36. The van der Waals surface area contributed by atoms with Crippen LogP contribution in [0.2, 0.25) is 0 Å². The highest BCUT2D eigenvalue weighted by atomic mass is 32.1. The molecule has 1 N–H and O–H groups in total. The first-order valence-electron chi connectivity index (χ1n) is 9.04. The van der Waals surface area contributed by atoms with Crippen molar-refractivity contribution >= 4 is 32.5 Å². The van der Waals surface area contributed by atoms with Gasteiger partial charge in [0, 0.05) is 29.0 Å². The zero-order valence-electron chi connectivity index (χ0n) is 15.7. The fourth-order valence-corrected chi connectivity index (χ4v) is 4.92. The molecule has 0 saturated carbocycles. The SMILES string of the molecule is Cc1c(-c2ccc3c(ccn3C)c2)sc2[nH]c(=O)n(-c3ccc(F)cc3)c(=O)c12. The fourth-order valence-electron chi connectivity index (χ4n) is 3.74. The lowest BCUT2D eigenvalue weighted by atomic mass is 10.1. The Balaban J connectivity index is 1.76. The number of benzene rings is 2. The first-order chi connectivity index (χ1) is 13.9. The van der Waals surface area contributed by atoms with Crippen LogP contribution in [0.25, 0.3) is 37.2 Å². The monoisotopic (exact) mass is 405 g/mol. The number of halogens is 1. The molecule has 2 aromatic carbocycles. The normalized spacial score (nSPS) is 11.6. The van der Waals surface area contributed by atoms with Crippen LogP contribution in [0.15, 0.2) is 64.3 Å². The molecule has 5 nitrogen and oxygen atoms in total. The van der Waals surface area contributed by atoms with E-state index in [9.17, 15) is 14.0 Å². The molecule has 144 valence electrons. The minimum Gasteiger partial charge on any atom is -0.351 e. The average Bonchev–Trinajstić information content (AvgIpc) is 3.23. The van der Waals surface area contributed by atoms with Gasteiger partial charge in [0.1, 0.15) is 10.6 Å². The maximum atomic E-state index is 13.3. The third-order valence-corrected chi connectivity index (χ3v) is 6.48. The second kappa shape index (κ2) is 6.28. The predicted molar refractivity (Wildman–Crippen MR) is 115 cm³/mol. The lowest BCUT2D eigenvalue weighted by Crippen LogP contribution is -2.33. The number of hydrogen-bond acceptors (Lipinski definition) is 3. The van der Waals surface area contributed by atoms with Gasteiger partial charge in [0.2, 0.25) is 0 Å². The van der Waals surface area contributed by atoms with Gasteiger partial charge in [-0.2, -0.15) is 0 Å². The highest BCUT2D eigenvalue weighted by molar-refractivity contribution is 7.22. The minimum absolute atomic E-state index is 0.331. The molecule has 5 aromatic rings. The third kappa shape index (κ3) is 2.66. The van der Waals surface area contributed by atoms with Crippen molar-refractivity contribution in [2.24, 2.45) is 7.05 Å². The zero-order valence-corrected chi connectivity index (χ0v) is 16.5. The first kappa shape index (κ1) is 17.6. The molecule has 0 spiro atoms. The summed E-state index contributed by atoms with van der Waals surface area (Å²) in [5.74, 6) is -0.426. The molecule has 0 bridgehead atoms. The van der Waals surface area contributed by atoms with Gasteiger partial charge in [-0.1, -0.05) is 6.07 Å². The number of aromatic amines is 1. The van der Waals surface area contributed by atoms with Crippen molar-refractivity contribution in [2.45, 2.75) is 6.92 Å². The molecule has 7 heteroatoms. The Morgan fingerprint density at radius 3 is 2.55 bits per heavy atom. The van der Waals surface area contributed by atoms with E-state index in [2.05, 4.69) is 15.6 Å². The Hall–Kier alpha value is -3.45. The molecule has 29 heavy (non-hydrogen) atoms. The van der Waals surface area contributed by atoms with Gasteiger partial charge in [-0.15, -0.1) is 11.3 Å². The number of H-pyrrole nitrogens is 1. The summed E-state index contributed by atoms with van der Waals surface area (Å²) in [6.45, 7) is 1.89. The van der Waals surface area contributed by atoms with Crippen LogP contribution in [0, 0.1) is 12.7 Å². The molecule has 0 unspecified atom stereocenters. The van der Waals surface area contributed by atoms with E-state index in [-0.39, 0.29) is 0 Å². The molecule has 0 fully saturated rings. The van der Waals surface area contributed by atoms with Crippen LogP contribution >= 0.6 is 11.3 Å². The van der Waals surface area contributed by atoms with E-state index in [1.165, 1.54) is 35.6 Å². The topological polar surface area (TPSA) is 59.8 Å². The van der Waals surface area contributed by atoms with E-state index in [1.807, 2.05) is 38.4 Å². The molecule has 5 rings (SSSR count). The molecule has 0 amide bonds. The molecular weight excluding hydrogens is 389 g/mol. The van der Waals surface area contributed by atoms with Gasteiger partial charge in [-0.05, 0) is 60.5 Å². The summed E-state index contributed by atoms with van der Waals surface area (Å²) >= 11 is 1.39. The lowest BCUT2D eigenvalue weighted by Gasteiger charge is -2.05. The molecule has 0 aliphatic rings. The third-order valence-electron chi connectivity index (χ3n) is 5.22. The minimum atomic E-state index is -0.541. The summed E-state index contributed by atoms with van der Waals surface area (Å²) in [5, 5.41) is 1.58. The van der Waals surface area contributed by atoms with Crippen molar-refractivity contribution in [2.75, 3.05) is 0 Å². The lowest BCUT2D eigenvalue weighted by molar-refractivity contribution is 0.627. The van der Waals surface area contributed by atoms with Crippen LogP contribution in [0.5, 0.6) is 0 Å². The summed E-state index contributed by atoms with van der Waals surface area (Å²) < 4.78 is 16.3. The maximum Gasteiger partial charge on any atom is 0.334 e. The van der Waals surface area contributed by atoms with Crippen LogP contribution in [-0.4, -0.2) is 14.1 Å². The molecular formula is C22H16FN3O2S. The Morgan fingerprint density at radius 1 is 1.03 bits per heavy atom. The van der Waals surface area contributed by atoms with Crippen molar-refractivity contribution in [3.63, 3.8) is 0 Å². The Labute approximate surface area is 168 Å². The van der Waals surface area contributed by atoms with Crippen molar-refractivity contribution < 1.29 is 4.39 Å². The summed E-state index contributed by atoms with van der Waals surface area (Å²) in [4.78, 5) is 30.1. The summed E-state index contributed by atoms with van der Waals surface area (Å²) in [6, 6.07) is 13.5. The Kier molecular flexibility index (Phi) is 3.82. The zero-order chi connectivity index (χ0) is 20.3. The number of nitrogens with one attached hydrogen (secondary N) is 1. The fraction of sp³-hybridized carbons (Fsp3) is 0.0909. The molecule has 3 aromatic heterocycles. The highest BCUT2D eigenvalue weighted by Gasteiger charge is 2.18. The molecule has 0 radical (unpaired) electrons. The van der Waals surface area contributed by atoms with Crippen LogP contribution in [0.4, 0.5) is 4.39 Å². The average molecular weight is 405 g/mol. The Bertz CT molecular complexity index is 1520. The molecule has 0 aliphatic heterocycles. The number of fused-ring (bicyclic) bond motifs is 2. The van der Waals surface area contributed by atoms with E-state index in [1.54, 1.807) is 0 Å². The van der Waals surface area contributed by atoms with Gasteiger partial charge in [0.15, 0.2) is 0 Å². The van der Waals surface area contributed by atoms with E-state index in [0.717, 1.165) is 31.5 Å².